The molecule has 0 spiro atoms. The molecule has 3 rings (SSSR count). The van der Waals surface area contributed by atoms with E-state index in [0.29, 0.717) is 6.54 Å². The predicted octanol–water partition coefficient (Wildman–Crippen LogP) is 2.94. The minimum absolute atomic E-state index is 0.0317. The van der Waals surface area contributed by atoms with E-state index in [4.69, 9.17) is 9.47 Å². The van der Waals surface area contributed by atoms with Gasteiger partial charge in [0.05, 0.1) is 19.3 Å². The Morgan fingerprint density at radius 2 is 2.00 bits per heavy atom. The van der Waals surface area contributed by atoms with Crippen LogP contribution in [0.25, 0.3) is 0 Å². The molecule has 1 aromatic rings. The lowest BCUT2D eigenvalue weighted by Gasteiger charge is -2.32. The number of carbonyl (C=O) groups excluding carboxylic acids is 1. The molecule has 2 heterocycles. The van der Waals surface area contributed by atoms with E-state index in [2.05, 4.69) is 29.3 Å². The van der Waals surface area contributed by atoms with Gasteiger partial charge in [-0.25, -0.2) is 4.79 Å². The summed E-state index contributed by atoms with van der Waals surface area (Å²) < 4.78 is 11.2. The summed E-state index contributed by atoms with van der Waals surface area (Å²) in [5, 5.41) is 3.02. The number of likely N-dealkylation sites (tertiary alicyclic amines) is 1. The first-order chi connectivity index (χ1) is 12.7. The number of carbonyl (C=O) groups is 1. The summed E-state index contributed by atoms with van der Waals surface area (Å²) in [6.45, 7) is 8.87. The average molecular weight is 361 g/mol. The molecule has 26 heavy (non-hydrogen) atoms. The zero-order valence-corrected chi connectivity index (χ0v) is 15.8. The number of rotatable bonds is 6. The highest BCUT2D eigenvalue weighted by atomic mass is 16.5. The third-order valence-electron chi connectivity index (χ3n) is 4.94. The van der Waals surface area contributed by atoms with Crippen LogP contribution in [0.5, 0.6) is 0 Å². The zero-order chi connectivity index (χ0) is 18.2. The second-order valence-corrected chi connectivity index (χ2v) is 7.10. The van der Waals surface area contributed by atoms with Crippen LogP contribution in [0.3, 0.4) is 0 Å². The van der Waals surface area contributed by atoms with Crippen molar-refractivity contribution in [2.75, 3.05) is 51.3 Å². The highest BCUT2D eigenvalue weighted by molar-refractivity contribution is 5.89. The number of nitrogens with zero attached hydrogens (tertiary/aromatic N) is 2. The number of urea groups is 1. The molecule has 1 N–H and O–H groups in total. The van der Waals surface area contributed by atoms with Gasteiger partial charge in [0.25, 0.3) is 0 Å². The van der Waals surface area contributed by atoms with Gasteiger partial charge in [-0.1, -0.05) is 19.1 Å². The van der Waals surface area contributed by atoms with Crippen LogP contribution in [0.4, 0.5) is 10.5 Å². The first-order valence-corrected chi connectivity index (χ1v) is 9.81. The van der Waals surface area contributed by atoms with E-state index in [0.717, 1.165) is 70.9 Å². The largest absolute Gasteiger partial charge is 0.379 e. The van der Waals surface area contributed by atoms with E-state index in [1.54, 1.807) is 0 Å². The van der Waals surface area contributed by atoms with Crippen molar-refractivity contribution in [3.8, 4) is 0 Å². The third-order valence-corrected chi connectivity index (χ3v) is 4.94. The standard InChI is InChI=1S/C20H31N3O3/c1-2-12-26-19-4-3-9-23(16-19)20(24)21-18-7-5-17(6-8-18)15-22-10-13-25-14-11-22/h5-8,19H,2-4,9-16H2,1H3,(H,21,24). The molecular weight excluding hydrogens is 330 g/mol. The Morgan fingerprint density at radius 3 is 2.73 bits per heavy atom. The van der Waals surface area contributed by atoms with Crippen molar-refractivity contribution >= 4 is 11.7 Å². The molecule has 2 fully saturated rings. The first-order valence-electron chi connectivity index (χ1n) is 9.81. The average Bonchev–Trinajstić information content (AvgIpc) is 2.69. The van der Waals surface area contributed by atoms with Crippen molar-refractivity contribution in [3.63, 3.8) is 0 Å². The van der Waals surface area contributed by atoms with Gasteiger partial charge in [0.15, 0.2) is 0 Å². The van der Waals surface area contributed by atoms with Crippen LogP contribution in [-0.2, 0) is 16.0 Å². The molecule has 2 saturated heterocycles. The molecule has 0 saturated carbocycles. The van der Waals surface area contributed by atoms with Crippen molar-refractivity contribution in [2.24, 2.45) is 0 Å². The van der Waals surface area contributed by atoms with Crippen molar-refractivity contribution < 1.29 is 14.3 Å². The van der Waals surface area contributed by atoms with E-state index in [-0.39, 0.29) is 12.1 Å². The van der Waals surface area contributed by atoms with Gasteiger partial charge in [-0.05, 0) is 37.0 Å². The Labute approximate surface area is 156 Å². The summed E-state index contributed by atoms with van der Waals surface area (Å²) in [5.41, 5.74) is 2.10. The molecular formula is C20H31N3O3. The Morgan fingerprint density at radius 1 is 1.23 bits per heavy atom. The smallest absolute Gasteiger partial charge is 0.321 e. The number of nitrogens with one attached hydrogen (secondary N) is 1. The molecule has 6 heteroatoms. The number of benzene rings is 1. The van der Waals surface area contributed by atoms with E-state index in [1.165, 1.54) is 5.56 Å². The molecule has 1 unspecified atom stereocenters. The normalized spacial score (nSPS) is 21.6. The molecule has 1 atom stereocenters. The van der Waals surface area contributed by atoms with Crippen LogP contribution in [0.1, 0.15) is 31.7 Å². The summed E-state index contributed by atoms with van der Waals surface area (Å²) in [6, 6.07) is 8.13. The molecule has 0 aromatic heterocycles. The number of ether oxygens (including phenoxy) is 2. The summed E-state index contributed by atoms with van der Waals surface area (Å²) >= 11 is 0. The molecule has 0 aliphatic carbocycles. The van der Waals surface area contributed by atoms with E-state index < -0.39 is 0 Å². The fourth-order valence-electron chi connectivity index (χ4n) is 3.46. The Hall–Kier alpha value is -1.63. The van der Waals surface area contributed by atoms with Crippen LogP contribution in [0.15, 0.2) is 24.3 Å². The van der Waals surface area contributed by atoms with Gasteiger partial charge in [0.1, 0.15) is 0 Å². The van der Waals surface area contributed by atoms with Crippen LogP contribution < -0.4 is 5.32 Å². The fourth-order valence-corrected chi connectivity index (χ4v) is 3.46. The van der Waals surface area contributed by atoms with Gasteiger partial charge in [0.2, 0.25) is 0 Å². The zero-order valence-electron chi connectivity index (χ0n) is 15.8. The lowest BCUT2D eigenvalue weighted by Crippen LogP contribution is -2.45. The van der Waals surface area contributed by atoms with Crippen molar-refractivity contribution in [1.29, 1.82) is 0 Å². The topological polar surface area (TPSA) is 54.0 Å². The number of hydrogen-bond donors (Lipinski definition) is 1. The van der Waals surface area contributed by atoms with Crippen molar-refractivity contribution in [2.45, 2.75) is 38.8 Å². The Balaban J connectivity index is 1.47. The second kappa shape index (κ2) is 9.90. The predicted molar refractivity (Wildman–Crippen MR) is 102 cm³/mol. The van der Waals surface area contributed by atoms with Crippen LogP contribution in [0, 0.1) is 0 Å². The van der Waals surface area contributed by atoms with Gasteiger partial charge >= 0.3 is 6.03 Å². The van der Waals surface area contributed by atoms with Gasteiger partial charge in [-0.2, -0.15) is 0 Å². The Kier molecular flexibility index (Phi) is 7.29. The van der Waals surface area contributed by atoms with Gasteiger partial charge in [-0.15, -0.1) is 0 Å². The lowest BCUT2D eigenvalue weighted by atomic mass is 10.1. The number of morpholine rings is 1. The van der Waals surface area contributed by atoms with E-state index in [9.17, 15) is 4.79 Å². The van der Waals surface area contributed by atoms with Gasteiger partial charge in [-0.3, -0.25) is 4.90 Å². The molecule has 0 radical (unpaired) electrons. The first kappa shape index (κ1) is 19.1. The molecule has 6 nitrogen and oxygen atoms in total. The van der Waals surface area contributed by atoms with E-state index in [1.807, 2.05) is 17.0 Å². The van der Waals surface area contributed by atoms with Crippen LogP contribution in [0.2, 0.25) is 0 Å². The van der Waals surface area contributed by atoms with Gasteiger partial charge in [0, 0.05) is 45.0 Å². The summed E-state index contributed by atoms with van der Waals surface area (Å²) in [4.78, 5) is 16.8. The highest BCUT2D eigenvalue weighted by Crippen LogP contribution is 2.17. The number of hydrogen-bond acceptors (Lipinski definition) is 4. The fraction of sp³-hybridized carbons (Fsp3) is 0.650. The highest BCUT2D eigenvalue weighted by Gasteiger charge is 2.24. The maximum Gasteiger partial charge on any atom is 0.321 e. The summed E-state index contributed by atoms with van der Waals surface area (Å²) in [6.07, 6.45) is 3.23. The molecule has 2 aliphatic heterocycles. The van der Waals surface area contributed by atoms with Crippen LogP contribution >= 0.6 is 0 Å². The molecule has 144 valence electrons. The molecule has 2 aliphatic rings. The number of anilines is 1. The van der Waals surface area contributed by atoms with Gasteiger partial charge < -0.3 is 19.7 Å². The maximum absolute atomic E-state index is 12.5. The monoisotopic (exact) mass is 361 g/mol. The van der Waals surface area contributed by atoms with Crippen LogP contribution in [-0.4, -0.2) is 67.9 Å². The number of amides is 2. The van der Waals surface area contributed by atoms with E-state index >= 15 is 0 Å². The molecule has 0 bridgehead atoms. The van der Waals surface area contributed by atoms with Crippen molar-refractivity contribution in [1.82, 2.24) is 9.80 Å². The molecule has 2 amide bonds. The minimum Gasteiger partial charge on any atom is -0.379 e. The number of piperidine rings is 1. The quantitative estimate of drug-likeness (QED) is 0.846. The molecule has 1 aromatic carbocycles. The summed E-state index contributed by atoms with van der Waals surface area (Å²) in [7, 11) is 0. The maximum atomic E-state index is 12.5. The Bertz CT molecular complexity index is 558. The second-order valence-electron chi connectivity index (χ2n) is 7.10. The SMILES string of the molecule is CCCOC1CCCN(C(=O)Nc2ccc(CN3CCOCC3)cc2)C1. The summed E-state index contributed by atoms with van der Waals surface area (Å²) in [5.74, 6) is 0. The minimum atomic E-state index is -0.0317. The van der Waals surface area contributed by atoms with Crippen molar-refractivity contribution in [3.05, 3.63) is 29.8 Å². The third kappa shape index (κ3) is 5.69. The lowest BCUT2D eigenvalue weighted by molar-refractivity contribution is 0.0115.